The molecule has 0 aromatic carbocycles. The Morgan fingerprint density at radius 2 is 1.85 bits per heavy atom. The van der Waals surface area contributed by atoms with E-state index in [9.17, 15) is 0 Å². The zero-order chi connectivity index (χ0) is 9.10. The summed E-state index contributed by atoms with van der Waals surface area (Å²) in [7, 11) is 0. The molecule has 2 heterocycles. The molecule has 3 unspecified atom stereocenters. The van der Waals surface area contributed by atoms with Gasteiger partial charge in [0.2, 0.25) is 0 Å². The minimum absolute atomic E-state index is 0.0331. The molecule has 0 aromatic rings. The highest BCUT2D eigenvalue weighted by molar-refractivity contribution is 4.73. The molecule has 0 bridgehead atoms. The van der Waals surface area contributed by atoms with Gasteiger partial charge in [-0.15, -0.1) is 0 Å². The van der Waals surface area contributed by atoms with E-state index in [2.05, 4.69) is 0 Å². The molecule has 2 fully saturated rings. The van der Waals surface area contributed by atoms with Gasteiger partial charge in [0.15, 0.2) is 0 Å². The van der Waals surface area contributed by atoms with Gasteiger partial charge < -0.3 is 19.3 Å². The fourth-order valence-electron chi connectivity index (χ4n) is 1.53. The standard InChI is InChI=1S/C9H16O4/c10-3-7-1-2-8(13-7)4-11-5-9-6-12-9/h7-10H,1-6H2. The van der Waals surface area contributed by atoms with E-state index in [0.717, 1.165) is 19.4 Å². The second-order valence-electron chi connectivity index (χ2n) is 3.63. The molecule has 13 heavy (non-hydrogen) atoms. The fraction of sp³-hybridized carbons (Fsp3) is 1.00. The highest BCUT2D eigenvalue weighted by Gasteiger charge is 2.26. The number of aliphatic hydroxyl groups is 1. The van der Waals surface area contributed by atoms with E-state index in [1.165, 1.54) is 0 Å². The Balaban J connectivity index is 1.54. The van der Waals surface area contributed by atoms with Crippen molar-refractivity contribution in [2.45, 2.75) is 31.2 Å². The zero-order valence-electron chi connectivity index (χ0n) is 7.65. The predicted octanol–water partition coefficient (Wildman–Crippen LogP) is -0.0583. The summed E-state index contributed by atoms with van der Waals surface area (Å²) in [6.45, 7) is 2.28. The van der Waals surface area contributed by atoms with Gasteiger partial charge in [0.05, 0.1) is 38.6 Å². The summed E-state index contributed by atoms with van der Waals surface area (Å²) in [5, 5.41) is 8.82. The molecule has 0 spiro atoms. The SMILES string of the molecule is OCC1CCC(COCC2CO2)O1. The summed E-state index contributed by atoms with van der Waals surface area (Å²) in [6.07, 6.45) is 2.48. The van der Waals surface area contributed by atoms with Crippen LogP contribution in [0, 0.1) is 0 Å². The smallest absolute Gasteiger partial charge is 0.104 e. The summed E-state index contributed by atoms with van der Waals surface area (Å²) in [5.74, 6) is 0. The van der Waals surface area contributed by atoms with Crippen molar-refractivity contribution >= 4 is 0 Å². The van der Waals surface area contributed by atoms with Crippen LogP contribution in [0.1, 0.15) is 12.8 Å². The lowest BCUT2D eigenvalue weighted by atomic mass is 10.2. The van der Waals surface area contributed by atoms with Crippen LogP contribution in [0.15, 0.2) is 0 Å². The van der Waals surface area contributed by atoms with Gasteiger partial charge in [-0.3, -0.25) is 0 Å². The molecule has 0 aliphatic carbocycles. The monoisotopic (exact) mass is 188 g/mol. The van der Waals surface area contributed by atoms with Crippen LogP contribution in [0.4, 0.5) is 0 Å². The van der Waals surface area contributed by atoms with Crippen molar-refractivity contribution in [1.29, 1.82) is 0 Å². The number of hydrogen-bond donors (Lipinski definition) is 1. The predicted molar refractivity (Wildman–Crippen MR) is 45.5 cm³/mol. The maximum atomic E-state index is 8.82. The lowest BCUT2D eigenvalue weighted by Gasteiger charge is -2.11. The van der Waals surface area contributed by atoms with Crippen molar-refractivity contribution in [3.05, 3.63) is 0 Å². The maximum absolute atomic E-state index is 8.82. The highest BCUT2D eigenvalue weighted by Crippen LogP contribution is 2.19. The van der Waals surface area contributed by atoms with Crippen LogP contribution in [0.2, 0.25) is 0 Å². The van der Waals surface area contributed by atoms with Gasteiger partial charge in [-0.25, -0.2) is 0 Å². The van der Waals surface area contributed by atoms with Gasteiger partial charge >= 0.3 is 0 Å². The number of epoxide rings is 1. The molecule has 2 saturated heterocycles. The zero-order valence-corrected chi connectivity index (χ0v) is 7.65. The Kier molecular flexibility index (Phi) is 3.16. The maximum Gasteiger partial charge on any atom is 0.104 e. The fourth-order valence-corrected chi connectivity index (χ4v) is 1.53. The second kappa shape index (κ2) is 4.37. The molecule has 1 N–H and O–H groups in total. The molecule has 0 aromatic heterocycles. The van der Waals surface area contributed by atoms with Gasteiger partial charge in [-0.05, 0) is 12.8 Å². The first-order valence-electron chi connectivity index (χ1n) is 4.84. The largest absolute Gasteiger partial charge is 0.394 e. The molecule has 3 atom stereocenters. The Labute approximate surface area is 77.8 Å². The van der Waals surface area contributed by atoms with Crippen LogP contribution in [-0.2, 0) is 14.2 Å². The lowest BCUT2D eigenvalue weighted by Crippen LogP contribution is -2.20. The van der Waals surface area contributed by atoms with Crippen LogP contribution in [0.5, 0.6) is 0 Å². The topological polar surface area (TPSA) is 51.2 Å². The van der Waals surface area contributed by atoms with E-state index in [0.29, 0.717) is 19.3 Å². The average Bonchev–Trinajstić information content (AvgIpc) is 2.84. The quantitative estimate of drug-likeness (QED) is 0.614. The minimum Gasteiger partial charge on any atom is -0.394 e. The Hall–Kier alpha value is -0.160. The Morgan fingerprint density at radius 3 is 2.46 bits per heavy atom. The summed E-state index contributed by atoms with van der Waals surface area (Å²) >= 11 is 0. The van der Waals surface area contributed by atoms with Gasteiger partial charge in [-0.1, -0.05) is 0 Å². The molecule has 0 amide bonds. The van der Waals surface area contributed by atoms with Gasteiger partial charge in [0.25, 0.3) is 0 Å². The first-order valence-corrected chi connectivity index (χ1v) is 4.84. The first kappa shape index (κ1) is 9.40. The molecular weight excluding hydrogens is 172 g/mol. The van der Waals surface area contributed by atoms with Crippen molar-refractivity contribution in [3.63, 3.8) is 0 Å². The molecule has 0 radical (unpaired) electrons. The van der Waals surface area contributed by atoms with Crippen molar-refractivity contribution in [2.24, 2.45) is 0 Å². The van der Waals surface area contributed by atoms with Gasteiger partial charge in [0.1, 0.15) is 6.10 Å². The molecule has 2 aliphatic rings. The third-order valence-electron chi connectivity index (χ3n) is 2.41. The minimum atomic E-state index is 0.0331. The van der Waals surface area contributed by atoms with Crippen LogP contribution in [-0.4, -0.2) is 49.8 Å². The number of hydrogen-bond acceptors (Lipinski definition) is 4. The van der Waals surface area contributed by atoms with Crippen LogP contribution in [0.25, 0.3) is 0 Å². The first-order chi connectivity index (χ1) is 6.38. The van der Waals surface area contributed by atoms with E-state index in [-0.39, 0.29) is 18.8 Å². The molecule has 2 rings (SSSR count). The van der Waals surface area contributed by atoms with E-state index in [1.54, 1.807) is 0 Å². The van der Waals surface area contributed by atoms with E-state index >= 15 is 0 Å². The summed E-state index contributed by atoms with van der Waals surface area (Å²) in [5.41, 5.74) is 0. The van der Waals surface area contributed by atoms with E-state index in [1.807, 2.05) is 0 Å². The molecule has 76 valence electrons. The number of rotatable bonds is 5. The van der Waals surface area contributed by atoms with Crippen molar-refractivity contribution in [2.75, 3.05) is 26.4 Å². The van der Waals surface area contributed by atoms with E-state index in [4.69, 9.17) is 19.3 Å². The van der Waals surface area contributed by atoms with Crippen LogP contribution in [0.3, 0.4) is 0 Å². The molecule has 4 nitrogen and oxygen atoms in total. The van der Waals surface area contributed by atoms with E-state index < -0.39 is 0 Å². The average molecular weight is 188 g/mol. The van der Waals surface area contributed by atoms with Crippen LogP contribution < -0.4 is 0 Å². The van der Waals surface area contributed by atoms with Crippen molar-refractivity contribution in [3.8, 4) is 0 Å². The summed E-state index contributed by atoms with van der Waals surface area (Å²) in [4.78, 5) is 0. The lowest BCUT2D eigenvalue weighted by molar-refractivity contribution is -0.0333. The third kappa shape index (κ3) is 2.91. The summed E-state index contributed by atoms with van der Waals surface area (Å²) in [6, 6.07) is 0. The highest BCUT2D eigenvalue weighted by atomic mass is 16.6. The van der Waals surface area contributed by atoms with Gasteiger partial charge in [0, 0.05) is 0 Å². The number of aliphatic hydroxyl groups excluding tert-OH is 1. The molecule has 0 saturated carbocycles. The third-order valence-corrected chi connectivity index (χ3v) is 2.41. The molecular formula is C9H16O4. The van der Waals surface area contributed by atoms with Crippen LogP contribution >= 0.6 is 0 Å². The summed E-state index contributed by atoms with van der Waals surface area (Å²) < 4.78 is 15.9. The Morgan fingerprint density at radius 1 is 1.15 bits per heavy atom. The molecule has 2 aliphatic heterocycles. The Bertz CT molecular complexity index is 158. The number of ether oxygens (including phenoxy) is 3. The normalized spacial score (nSPS) is 38.1. The van der Waals surface area contributed by atoms with Crippen molar-refractivity contribution < 1.29 is 19.3 Å². The van der Waals surface area contributed by atoms with Crippen molar-refractivity contribution in [1.82, 2.24) is 0 Å². The molecule has 4 heteroatoms. The van der Waals surface area contributed by atoms with Gasteiger partial charge in [-0.2, -0.15) is 0 Å². The second-order valence-corrected chi connectivity index (χ2v) is 3.63.